The van der Waals surface area contributed by atoms with Gasteiger partial charge >= 0.3 is 59.1 Å². The molecule has 12 heteroatoms. The van der Waals surface area contributed by atoms with Gasteiger partial charge in [0.15, 0.2) is 0 Å². The van der Waals surface area contributed by atoms with Gasteiger partial charge in [-0.05, 0) is 12.1 Å². The van der Waals surface area contributed by atoms with E-state index >= 15 is 0 Å². The standard InChI is InChI=1S/C7H8N2O6S2.2Na/c8-9-4-5-1-2-6(16(10,11)12)3-7(5)17(13,14)15;;/h1-4H,8H2,(H,10,11,12)(H,13,14,15);;/q;2*+1/p-2. The summed E-state index contributed by atoms with van der Waals surface area (Å²) in [5.41, 5.74) is -0.199. The second kappa shape index (κ2) is 8.08. The van der Waals surface area contributed by atoms with E-state index in [2.05, 4.69) is 5.10 Å². The Balaban J connectivity index is 0. The molecule has 0 saturated carbocycles. The van der Waals surface area contributed by atoms with Gasteiger partial charge in [-0.3, -0.25) is 0 Å². The Morgan fingerprint density at radius 1 is 1.05 bits per heavy atom. The molecule has 0 saturated heterocycles. The van der Waals surface area contributed by atoms with Crippen molar-refractivity contribution in [3.63, 3.8) is 0 Å². The van der Waals surface area contributed by atoms with Gasteiger partial charge in [-0.1, -0.05) is 6.07 Å². The molecule has 0 unspecified atom stereocenters. The largest absolute Gasteiger partial charge is 1.00 e. The first-order chi connectivity index (χ1) is 7.66. The van der Waals surface area contributed by atoms with Gasteiger partial charge in [0.2, 0.25) is 0 Å². The summed E-state index contributed by atoms with van der Waals surface area (Å²) < 4.78 is 64.6. The van der Waals surface area contributed by atoms with E-state index in [1.807, 2.05) is 0 Å². The van der Waals surface area contributed by atoms with Crippen LogP contribution in [0.15, 0.2) is 33.1 Å². The third-order valence-electron chi connectivity index (χ3n) is 1.76. The zero-order valence-corrected chi connectivity index (χ0v) is 15.7. The van der Waals surface area contributed by atoms with Gasteiger partial charge in [0, 0.05) is 5.56 Å². The molecule has 0 aromatic heterocycles. The Hall–Kier alpha value is 0.510. The molecule has 0 bridgehead atoms. The molecule has 0 atom stereocenters. The van der Waals surface area contributed by atoms with Crippen molar-refractivity contribution in [2.24, 2.45) is 10.9 Å². The quantitative estimate of drug-likeness (QED) is 0.190. The molecule has 0 fully saturated rings. The predicted octanol–water partition coefficient (Wildman–Crippen LogP) is -7.20. The molecule has 0 aliphatic heterocycles. The van der Waals surface area contributed by atoms with Crippen LogP contribution < -0.4 is 65.0 Å². The first-order valence-electron chi connectivity index (χ1n) is 3.95. The summed E-state index contributed by atoms with van der Waals surface area (Å²) in [7, 11) is -9.78. The topological polar surface area (TPSA) is 153 Å². The second-order valence-electron chi connectivity index (χ2n) is 2.89. The Morgan fingerprint density at radius 2 is 1.58 bits per heavy atom. The van der Waals surface area contributed by atoms with Crippen LogP contribution in [-0.2, 0) is 20.2 Å². The molecule has 2 N–H and O–H groups in total. The first-order valence-corrected chi connectivity index (χ1v) is 6.77. The minimum absolute atomic E-state index is 0. The molecular formula is C7H6N2Na2O6S2. The van der Waals surface area contributed by atoms with Crippen molar-refractivity contribution in [1.82, 2.24) is 0 Å². The first kappa shape index (κ1) is 21.8. The minimum Gasteiger partial charge on any atom is -0.744 e. The molecule has 0 aliphatic rings. The van der Waals surface area contributed by atoms with E-state index in [1.54, 1.807) is 0 Å². The van der Waals surface area contributed by atoms with E-state index < -0.39 is 30.0 Å². The fourth-order valence-corrected chi connectivity index (χ4v) is 2.33. The van der Waals surface area contributed by atoms with Crippen molar-refractivity contribution in [1.29, 1.82) is 0 Å². The number of hydrogen-bond donors (Lipinski definition) is 1. The summed E-state index contributed by atoms with van der Waals surface area (Å²) in [6, 6.07) is 2.28. The van der Waals surface area contributed by atoms with Crippen LogP contribution in [0.2, 0.25) is 0 Å². The zero-order chi connectivity index (χ0) is 13.3. The molecule has 0 spiro atoms. The maximum absolute atomic E-state index is 10.9. The SMILES string of the molecule is NN=Cc1ccc(S(=O)(=O)[O-])cc1S(=O)(=O)[O-].[Na+].[Na+]. The number of nitrogens with two attached hydrogens (primary N) is 1. The number of hydrazone groups is 1. The summed E-state index contributed by atoms with van der Waals surface area (Å²) in [5, 5.41) is 3.02. The van der Waals surface area contributed by atoms with Crippen LogP contribution in [-0.4, -0.2) is 32.2 Å². The molecule has 8 nitrogen and oxygen atoms in total. The smallest absolute Gasteiger partial charge is 0.744 e. The van der Waals surface area contributed by atoms with Gasteiger partial charge in [0.1, 0.15) is 20.2 Å². The molecule has 0 radical (unpaired) electrons. The fraction of sp³-hybridized carbons (Fsp3) is 0. The van der Waals surface area contributed by atoms with Crippen LogP contribution >= 0.6 is 0 Å². The molecule has 1 rings (SSSR count). The Morgan fingerprint density at radius 3 is 1.95 bits per heavy atom. The van der Waals surface area contributed by atoms with Gasteiger partial charge in [-0.15, -0.1) is 0 Å². The van der Waals surface area contributed by atoms with Gasteiger partial charge in [-0.2, -0.15) is 5.10 Å². The van der Waals surface area contributed by atoms with Crippen molar-refractivity contribution >= 4 is 26.5 Å². The number of nitrogens with zero attached hydrogens (tertiary/aromatic N) is 1. The van der Waals surface area contributed by atoms with E-state index in [0.29, 0.717) is 6.07 Å². The van der Waals surface area contributed by atoms with Crippen LogP contribution in [0.25, 0.3) is 0 Å². The van der Waals surface area contributed by atoms with Crippen molar-refractivity contribution in [2.75, 3.05) is 0 Å². The van der Waals surface area contributed by atoms with E-state index in [-0.39, 0.29) is 64.7 Å². The summed E-state index contributed by atoms with van der Waals surface area (Å²) in [6.45, 7) is 0. The molecular weight excluding hydrogens is 318 g/mol. The van der Waals surface area contributed by atoms with E-state index in [9.17, 15) is 25.9 Å². The van der Waals surface area contributed by atoms with Crippen molar-refractivity contribution < 1.29 is 85.1 Å². The molecule has 0 aliphatic carbocycles. The average Bonchev–Trinajstić information content (AvgIpc) is 2.15. The van der Waals surface area contributed by atoms with Crippen LogP contribution in [0, 0.1) is 0 Å². The van der Waals surface area contributed by atoms with Crippen LogP contribution in [0.4, 0.5) is 0 Å². The van der Waals surface area contributed by atoms with E-state index in [4.69, 9.17) is 5.84 Å². The third-order valence-corrected chi connectivity index (χ3v) is 3.48. The summed E-state index contributed by atoms with van der Waals surface area (Å²) in [4.78, 5) is -1.69. The monoisotopic (exact) mass is 324 g/mol. The molecule has 1 aromatic carbocycles. The molecule has 1 aromatic rings. The van der Waals surface area contributed by atoms with Crippen LogP contribution in [0.1, 0.15) is 5.56 Å². The predicted molar refractivity (Wildman–Crippen MR) is 54.1 cm³/mol. The Kier molecular flexibility index (Phi) is 9.27. The van der Waals surface area contributed by atoms with Crippen molar-refractivity contribution in [3.05, 3.63) is 23.8 Å². The third kappa shape index (κ3) is 6.21. The van der Waals surface area contributed by atoms with Gasteiger partial charge < -0.3 is 14.9 Å². The normalized spacial score (nSPS) is 11.7. The number of rotatable bonds is 3. The van der Waals surface area contributed by atoms with E-state index in [1.165, 1.54) is 0 Å². The van der Waals surface area contributed by atoms with Crippen molar-refractivity contribution in [2.45, 2.75) is 9.79 Å². The molecule has 0 amide bonds. The maximum atomic E-state index is 10.9. The van der Waals surface area contributed by atoms with Crippen molar-refractivity contribution in [3.8, 4) is 0 Å². The zero-order valence-electron chi connectivity index (χ0n) is 10.1. The number of benzene rings is 1. The van der Waals surface area contributed by atoms with Gasteiger partial charge in [-0.25, -0.2) is 16.8 Å². The minimum atomic E-state index is -4.94. The van der Waals surface area contributed by atoms with Crippen LogP contribution in [0.5, 0.6) is 0 Å². The molecule has 0 heterocycles. The second-order valence-corrected chi connectivity index (χ2v) is 5.61. The van der Waals surface area contributed by atoms with E-state index in [0.717, 1.165) is 18.3 Å². The summed E-state index contributed by atoms with van der Waals surface area (Å²) in [6.07, 6.45) is 0.853. The average molecular weight is 324 g/mol. The van der Waals surface area contributed by atoms with Crippen LogP contribution in [0.3, 0.4) is 0 Å². The maximum Gasteiger partial charge on any atom is 1.00 e. The van der Waals surface area contributed by atoms with Gasteiger partial charge in [0.25, 0.3) is 0 Å². The summed E-state index contributed by atoms with van der Waals surface area (Å²) >= 11 is 0. The Labute approximate surface area is 154 Å². The molecule has 94 valence electrons. The summed E-state index contributed by atoms with van der Waals surface area (Å²) in [5.74, 6) is 4.79. The molecule has 19 heavy (non-hydrogen) atoms. The Bertz CT molecular complexity index is 671. The fourth-order valence-electron chi connectivity index (χ4n) is 1.07. The van der Waals surface area contributed by atoms with Gasteiger partial charge in [0.05, 0.1) is 16.0 Å². The number of hydrogen-bond acceptors (Lipinski definition) is 8.